The standard InChI is InChI=1S/C13H24N2O3S/c1-3-13(4-2)10-15(8-9-19-13)12(18)14-7-5-6-11(16)17/h3-10H2,1-2H3,(H,14,18)(H,16,17). The Kier molecular flexibility index (Phi) is 6.48. The molecule has 0 bridgehead atoms. The lowest BCUT2D eigenvalue weighted by atomic mass is 10.0. The number of carboxylic acids is 1. The summed E-state index contributed by atoms with van der Waals surface area (Å²) in [6, 6.07) is -0.0584. The maximum absolute atomic E-state index is 12.0. The largest absolute Gasteiger partial charge is 0.481 e. The molecule has 110 valence electrons. The number of urea groups is 1. The first kappa shape index (κ1) is 16.1. The Morgan fingerprint density at radius 3 is 2.63 bits per heavy atom. The molecular formula is C13H24N2O3S. The summed E-state index contributed by atoms with van der Waals surface area (Å²) in [4.78, 5) is 24.3. The van der Waals surface area contributed by atoms with Gasteiger partial charge in [-0.15, -0.1) is 0 Å². The molecule has 0 radical (unpaired) electrons. The molecule has 19 heavy (non-hydrogen) atoms. The van der Waals surface area contributed by atoms with E-state index in [1.165, 1.54) is 0 Å². The monoisotopic (exact) mass is 288 g/mol. The van der Waals surface area contributed by atoms with Crippen LogP contribution in [0.25, 0.3) is 0 Å². The van der Waals surface area contributed by atoms with Crippen LogP contribution in [0.15, 0.2) is 0 Å². The van der Waals surface area contributed by atoms with Crippen molar-refractivity contribution in [2.24, 2.45) is 0 Å². The van der Waals surface area contributed by atoms with Gasteiger partial charge in [0, 0.05) is 36.6 Å². The second-order valence-corrected chi connectivity index (χ2v) is 6.45. The molecule has 0 aromatic heterocycles. The molecule has 1 saturated heterocycles. The van der Waals surface area contributed by atoms with Crippen molar-refractivity contribution in [2.45, 2.75) is 44.3 Å². The van der Waals surface area contributed by atoms with Gasteiger partial charge in [-0.3, -0.25) is 4.79 Å². The Bertz CT molecular complexity index is 319. The van der Waals surface area contributed by atoms with Gasteiger partial charge in [0.25, 0.3) is 0 Å². The second kappa shape index (κ2) is 7.62. The third-order valence-electron chi connectivity index (χ3n) is 3.67. The number of nitrogens with zero attached hydrogens (tertiary/aromatic N) is 1. The summed E-state index contributed by atoms with van der Waals surface area (Å²) in [5.74, 6) is 0.157. The van der Waals surface area contributed by atoms with Crippen LogP contribution in [0.1, 0.15) is 39.5 Å². The number of aliphatic carboxylic acids is 1. The summed E-state index contributed by atoms with van der Waals surface area (Å²) >= 11 is 1.96. The summed E-state index contributed by atoms with van der Waals surface area (Å²) in [6.07, 6.45) is 2.72. The molecule has 0 atom stereocenters. The van der Waals surface area contributed by atoms with Crippen molar-refractivity contribution in [2.75, 3.05) is 25.4 Å². The fraction of sp³-hybridized carbons (Fsp3) is 0.846. The van der Waals surface area contributed by atoms with Crippen molar-refractivity contribution in [3.05, 3.63) is 0 Å². The minimum Gasteiger partial charge on any atom is -0.481 e. The molecule has 0 unspecified atom stereocenters. The Morgan fingerprint density at radius 1 is 1.37 bits per heavy atom. The van der Waals surface area contributed by atoms with Crippen LogP contribution in [0, 0.1) is 0 Å². The average molecular weight is 288 g/mol. The normalized spacial score (nSPS) is 18.1. The number of rotatable bonds is 6. The number of nitrogens with one attached hydrogen (secondary N) is 1. The van der Waals surface area contributed by atoms with Gasteiger partial charge >= 0.3 is 12.0 Å². The lowest BCUT2D eigenvalue weighted by molar-refractivity contribution is -0.137. The Morgan fingerprint density at radius 2 is 2.05 bits per heavy atom. The van der Waals surface area contributed by atoms with Crippen molar-refractivity contribution in [1.82, 2.24) is 10.2 Å². The fourth-order valence-corrected chi connectivity index (χ4v) is 3.64. The molecule has 0 aromatic carbocycles. The summed E-state index contributed by atoms with van der Waals surface area (Å²) in [6.45, 7) is 6.34. The highest BCUT2D eigenvalue weighted by molar-refractivity contribution is 8.00. The maximum Gasteiger partial charge on any atom is 0.317 e. The van der Waals surface area contributed by atoms with E-state index in [0.29, 0.717) is 13.0 Å². The molecule has 0 aromatic rings. The zero-order valence-corrected chi connectivity index (χ0v) is 12.6. The summed E-state index contributed by atoms with van der Waals surface area (Å²) in [5, 5.41) is 11.3. The molecule has 1 aliphatic heterocycles. The molecule has 5 nitrogen and oxygen atoms in total. The van der Waals surface area contributed by atoms with Crippen molar-refractivity contribution < 1.29 is 14.7 Å². The predicted molar refractivity (Wildman–Crippen MR) is 77.6 cm³/mol. The maximum atomic E-state index is 12.0. The number of carbonyl (C=O) groups is 2. The van der Waals surface area contributed by atoms with Crippen molar-refractivity contribution >= 4 is 23.8 Å². The van der Waals surface area contributed by atoms with Crippen LogP contribution in [-0.4, -0.2) is 52.1 Å². The number of carbonyl (C=O) groups excluding carboxylic acids is 1. The number of hydrogen-bond donors (Lipinski definition) is 2. The van der Waals surface area contributed by atoms with Gasteiger partial charge in [0.1, 0.15) is 0 Å². The molecule has 6 heteroatoms. The van der Waals surface area contributed by atoms with Crippen LogP contribution < -0.4 is 5.32 Å². The molecule has 1 fully saturated rings. The van der Waals surface area contributed by atoms with E-state index in [4.69, 9.17) is 5.11 Å². The lowest BCUT2D eigenvalue weighted by Gasteiger charge is -2.41. The highest BCUT2D eigenvalue weighted by Gasteiger charge is 2.34. The molecule has 0 saturated carbocycles. The first-order valence-electron chi connectivity index (χ1n) is 6.91. The van der Waals surface area contributed by atoms with E-state index in [9.17, 15) is 9.59 Å². The van der Waals surface area contributed by atoms with Crippen LogP contribution in [0.2, 0.25) is 0 Å². The minimum atomic E-state index is -0.820. The first-order chi connectivity index (χ1) is 9.03. The van der Waals surface area contributed by atoms with Crippen LogP contribution in [0.5, 0.6) is 0 Å². The van der Waals surface area contributed by atoms with Crippen molar-refractivity contribution in [3.63, 3.8) is 0 Å². The Labute approximate surface area is 119 Å². The Balaban J connectivity index is 2.37. The summed E-state index contributed by atoms with van der Waals surface area (Å²) < 4.78 is 0.191. The third kappa shape index (κ3) is 4.93. The van der Waals surface area contributed by atoms with Gasteiger partial charge in [0.2, 0.25) is 0 Å². The van der Waals surface area contributed by atoms with Crippen LogP contribution in [0.4, 0.5) is 4.79 Å². The number of carboxylic acid groups (broad SMARTS) is 1. The van der Waals surface area contributed by atoms with E-state index in [1.54, 1.807) is 0 Å². The lowest BCUT2D eigenvalue weighted by Crippen LogP contribution is -2.51. The van der Waals surface area contributed by atoms with Gasteiger partial charge in [0.15, 0.2) is 0 Å². The Hall–Kier alpha value is -0.910. The van der Waals surface area contributed by atoms with E-state index in [0.717, 1.165) is 31.7 Å². The zero-order valence-electron chi connectivity index (χ0n) is 11.8. The third-order valence-corrected chi connectivity index (χ3v) is 5.37. The SMILES string of the molecule is CCC1(CC)CN(C(=O)NCCCC(=O)O)CCS1. The molecule has 2 amide bonds. The summed E-state index contributed by atoms with van der Waals surface area (Å²) in [5.41, 5.74) is 0. The molecule has 1 rings (SSSR count). The van der Waals surface area contributed by atoms with E-state index in [2.05, 4.69) is 19.2 Å². The summed E-state index contributed by atoms with van der Waals surface area (Å²) in [7, 11) is 0. The average Bonchev–Trinajstić information content (AvgIpc) is 2.43. The van der Waals surface area contributed by atoms with Crippen molar-refractivity contribution in [3.8, 4) is 0 Å². The molecule has 1 heterocycles. The molecule has 1 aliphatic rings. The first-order valence-corrected chi connectivity index (χ1v) is 7.90. The van der Waals surface area contributed by atoms with E-state index in [1.807, 2.05) is 16.7 Å². The number of hydrogen-bond acceptors (Lipinski definition) is 3. The molecule has 2 N–H and O–H groups in total. The van der Waals surface area contributed by atoms with Gasteiger partial charge < -0.3 is 15.3 Å². The smallest absolute Gasteiger partial charge is 0.317 e. The van der Waals surface area contributed by atoms with Gasteiger partial charge in [-0.2, -0.15) is 11.8 Å². The molecule has 0 aliphatic carbocycles. The van der Waals surface area contributed by atoms with Gasteiger partial charge in [0.05, 0.1) is 0 Å². The van der Waals surface area contributed by atoms with Crippen LogP contribution >= 0.6 is 11.8 Å². The number of amides is 2. The van der Waals surface area contributed by atoms with Gasteiger partial charge in [-0.05, 0) is 19.3 Å². The quantitative estimate of drug-likeness (QED) is 0.735. The van der Waals surface area contributed by atoms with Crippen LogP contribution in [0.3, 0.4) is 0 Å². The molecular weight excluding hydrogens is 264 g/mol. The van der Waals surface area contributed by atoms with Gasteiger partial charge in [-0.1, -0.05) is 13.8 Å². The molecule has 0 spiro atoms. The van der Waals surface area contributed by atoms with Gasteiger partial charge in [-0.25, -0.2) is 4.79 Å². The van der Waals surface area contributed by atoms with E-state index >= 15 is 0 Å². The van der Waals surface area contributed by atoms with E-state index < -0.39 is 5.97 Å². The highest BCUT2D eigenvalue weighted by atomic mass is 32.2. The zero-order chi connectivity index (χ0) is 14.3. The van der Waals surface area contributed by atoms with Crippen molar-refractivity contribution in [1.29, 1.82) is 0 Å². The van der Waals surface area contributed by atoms with Crippen LogP contribution in [-0.2, 0) is 4.79 Å². The number of thioether (sulfide) groups is 1. The minimum absolute atomic E-state index is 0.0584. The predicted octanol–water partition coefficient (Wildman–Crippen LogP) is 2.17. The fourth-order valence-electron chi connectivity index (χ4n) is 2.24. The van der Waals surface area contributed by atoms with E-state index in [-0.39, 0.29) is 17.2 Å². The highest BCUT2D eigenvalue weighted by Crippen LogP contribution is 2.36. The topological polar surface area (TPSA) is 69.6 Å². The second-order valence-electron chi connectivity index (χ2n) is 4.89.